The summed E-state index contributed by atoms with van der Waals surface area (Å²) in [5.74, 6) is 0.815. The van der Waals surface area contributed by atoms with Crippen LogP contribution in [0.5, 0.6) is 0 Å². The van der Waals surface area contributed by atoms with Gasteiger partial charge in [0.15, 0.2) is 0 Å². The van der Waals surface area contributed by atoms with Crippen molar-refractivity contribution in [1.82, 2.24) is 9.21 Å². The molecule has 2 fully saturated rings. The minimum absolute atomic E-state index is 0.157. The van der Waals surface area contributed by atoms with Crippen LogP contribution in [0.25, 0.3) is 0 Å². The van der Waals surface area contributed by atoms with Crippen molar-refractivity contribution in [3.05, 3.63) is 16.5 Å². The molecule has 2 aliphatic rings. The summed E-state index contributed by atoms with van der Waals surface area (Å²) >= 11 is 6.87. The highest BCUT2D eigenvalue weighted by molar-refractivity contribution is 7.91. The lowest BCUT2D eigenvalue weighted by Gasteiger charge is -2.33. The number of sulfonamides is 1. The monoisotopic (exact) mass is 348 g/mol. The van der Waals surface area contributed by atoms with Gasteiger partial charge in [-0.2, -0.15) is 4.31 Å². The van der Waals surface area contributed by atoms with E-state index in [1.54, 1.807) is 11.0 Å². The molecule has 0 radical (unpaired) electrons. The van der Waals surface area contributed by atoms with Gasteiger partial charge in [0.05, 0.1) is 4.34 Å². The number of hydrogen-bond donors (Lipinski definition) is 0. The van der Waals surface area contributed by atoms with Gasteiger partial charge in [-0.15, -0.1) is 11.3 Å². The summed E-state index contributed by atoms with van der Waals surface area (Å²) in [4.78, 5) is 13.9. The Labute approximate surface area is 133 Å². The van der Waals surface area contributed by atoms with Crippen LogP contribution in [0.4, 0.5) is 0 Å². The molecular formula is C13H17ClN2O3S2. The maximum atomic E-state index is 12.4. The van der Waals surface area contributed by atoms with E-state index >= 15 is 0 Å². The van der Waals surface area contributed by atoms with E-state index in [0.717, 1.165) is 17.8 Å². The van der Waals surface area contributed by atoms with E-state index in [2.05, 4.69) is 6.92 Å². The topological polar surface area (TPSA) is 57.7 Å². The minimum atomic E-state index is -3.48. The number of amides is 1. The van der Waals surface area contributed by atoms with E-state index in [-0.39, 0.29) is 16.0 Å². The summed E-state index contributed by atoms with van der Waals surface area (Å²) in [6, 6.07) is 3.12. The fraction of sp³-hybridized carbons (Fsp3) is 0.615. The molecule has 1 saturated heterocycles. The second-order valence-electron chi connectivity index (χ2n) is 5.61. The molecule has 1 aromatic heterocycles. The van der Waals surface area contributed by atoms with E-state index in [9.17, 15) is 13.2 Å². The van der Waals surface area contributed by atoms with Gasteiger partial charge in [0.1, 0.15) is 4.21 Å². The summed E-state index contributed by atoms with van der Waals surface area (Å²) < 4.78 is 27.1. The number of carbonyl (C=O) groups is 1. The van der Waals surface area contributed by atoms with Crippen LogP contribution in [-0.2, 0) is 14.8 Å². The number of halogens is 1. The zero-order chi connectivity index (χ0) is 15.2. The number of hydrogen-bond acceptors (Lipinski definition) is 4. The first kappa shape index (κ1) is 15.3. The van der Waals surface area contributed by atoms with Gasteiger partial charge in [-0.05, 0) is 24.5 Å². The van der Waals surface area contributed by atoms with Gasteiger partial charge in [0.2, 0.25) is 5.91 Å². The van der Waals surface area contributed by atoms with E-state index in [1.165, 1.54) is 10.4 Å². The number of thiophene rings is 1. The lowest BCUT2D eigenvalue weighted by Crippen LogP contribution is -2.50. The van der Waals surface area contributed by atoms with Crippen LogP contribution in [0, 0.1) is 11.8 Å². The molecule has 5 nitrogen and oxygen atoms in total. The predicted octanol–water partition coefficient (Wildman–Crippen LogP) is 1.89. The second-order valence-corrected chi connectivity index (χ2v) is 9.49. The molecule has 2 atom stereocenters. The Kier molecular flexibility index (Phi) is 4.02. The molecule has 0 bridgehead atoms. The van der Waals surface area contributed by atoms with Crippen LogP contribution in [0.15, 0.2) is 16.3 Å². The normalized spacial score (nSPS) is 26.9. The summed E-state index contributed by atoms with van der Waals surface area (Å²) in [5.41, 5.74) is 0. The van der Waals surface area contributed by atoms with Crippen molar-refractivity contribution in [3.63, 3.8) is 0 Å². The maximum Gasteiger partial charge on any atom is 0.252 e. The van der Waals surface area contributed by atoms with Crippen LogP contribution in [0.2, 0.25) is 4.34 Å². The highest BCUT2D eigenvalue weighted by atomic mass is 35.5. The second kappa shape index (κ2) is 5.53. The molecule has 1 aliphatic heterocycles. The first-order valence-electron chi connectivity index (χ1n) is 6.94. The quantitative estimate of drug-likeness (QED) is 0.838. The van der Waals surface area contributed by atoms with Crippen LogP contribution < -0.4 is 0 Å². The zero-order valence-electron chi connectivity index (χ0n) is 11.7. The van der Waals surface area contributed by atoms with Gasteiger partial charge in [-0.3, -0.25) is 4.79 Å². The highest BCUT2D eigenvalue weighted by Crippen LogP contribution is 2.39. The van der Waals surface area contributed by atoms with Crippen molar-refractivity contribution in [1.29, 1.82) is 0 Å². The molecule has 2 heterocycles. The first-order valence-corrected chi connectivity index (χ1v) is 9.57. The summed E-state index contributed by atoms with van der Waals surface area (Å²) in [5, 5.41) is 0. The Hall–Kier alpha value is -0.630. The smallest absolute Gasteiger partial charge is 0.252 e. The van der Waals surface area contributed by atoms with E-state index in [1.807, 2.05) is 0 Å². The van der Waals surface area contributed by atoms with Crippen molar-refractivity contribution < 1.29 is 13.2 Å². The standard InChI is InChI=1S/C13H17ClN2O3S2/c1-9-8-10(9)13(17)15-4-6-16(7-5-15)21(18,19)12-3-2-11(14)20-12/h2-3,9-10H,4-8H2,1H3/t9-,10-/m1/s1. The maximum absolute atomic E-state index is 12.4. The number of rotatable bonds is 3. The fourth-order valence-corrected chi connectivity index (χ4v) is 5.67. The number of nitrogens with zero attached hydrogens (tertiary/aromatic N) is 2. The average molecular weight is 349 g/mol. The van der Waals surface area contributed by atoms with E-state index < -0.39 is 10.0 Å². The van der Waals surface area contributed by atoms with Gasteiger partial charge in [0.25, 0.3) is 10.0 Å². The highest BCUT2D eigenvalue weighted by Gasteiger charge is 2.42. The van der Waals surface area contributed by atoms with E-state index in [4.69, 9.17) is 11.6 Å². The minimum Gasteiger partial charge on any atom is -0.340 e. The van der Waals surface area contributed by atoms with Crippen molar-refractivity contribution in [2.45, 2.75) is 17.6 Å². The third-order valence-electron chi connectivity index (χ3n) is 4.12. The molecule has 1 aromatic rings. The molecule has 21 heavy (non-hydrogen) atoms. The molecule has 116 valence electrons. The predicted molar refractivity (Wildman–Crippen MR) is 81.9 cm³/mol. The summed E-state index contributed by atoms with van der Waals surface area (Å²) in [7, 11) is -3.48. The van der Waals surface area contributed by atoms with Crippen molar-refractivity contribution >= 4 is 38.9 Å². The number of piperazine rings is 1. The molecule has 8 heteroatoms. The Balaban J connectivity index is 1.64. The van der Waals surface area contributed by atoms with Gasteiger partial charge in [-0.1, -0.05) is 18.5 Å². The third kappa shape index (κ3) is 2.97. The van der Waals surface area contributed by atoms with E-state index in [0.29, 0.717) is 36.4 Å². The fourth-order valence-electron chi connectivity index (χ4n) is 2.61. The van der Waals surface area contributed by atoms with Gasteiger partial charge < -0.3 is 4.90 Å². The molecule has 1 saturated carbocycles. The van der Waals surface area contributed by atoms with Crippen LogP contribution in [-0.4, -0.2) is 49.7 Å². The largest absolute Gasteiger partial charge is 0.340 e. The third-order valence-corrected chi connectivity index (χ3v) is 7.72. The zero-order valence-corrected chi connectivity index (χ0v) is 14.0. The van der Waals surface area contributed by atoms with Crippen LogP contribution in [0.1, 0.15) is 13.3 Å². The molecule has 0 aromatic carbocycles. The molecule has 1 amide bonds. The summed E-state index contributed by atoms with van der Waals surface area (Å²) in [6.45, 7) is 3.72. The van der Waals surface area contributed by atoms with Crippen LogP contribution in [0.3, 0.4) is 0 Å². The Morgan fingerprint density at radius 2 is 1.90 bits per heavy atom. The van der Waals surface area contributed by atoms with Gasteiger partial charge in [0, 0.05) is 32.1 Å². The molecule has 0 spiro atoms. The lowest BCUT2D eigenvalue weighted by molar-refractivity contribution is -0.134. The Morgan fingerprint density at radius 3 is 2.38 bits per heavy atom. The van der Waals surface area contributed by atoms with Gasteiger partial charge >= 0.3 is 0 Å². The van der Waals surface area contributed by atoms with Crippen molar-refractivity contribution in [2.24, 2.45) is 11.8 Å². The molecular weight excluding hydrogens is 332 g/mol. The number of carbonyl (C=O) groups excluding carboxylic acids is 1. The van der Waals surface area contributed by atoms with Crippen molar-refractivity contribution in [2.75, 3.05) is 26.2 Å². The lowest BCUT2D eigenvalue weighted by atomic mass is 10.2. The molecule has 0 N–H and O–H groups in total. The summed E-state index contributed by atoms with van der Waals surface area (Å²) in [6.07, 6.45) is 0.963. The van der Waals surface area contributed by atoms with Gasteiger partial charge in [-0.25, -0.2) is 8.42 Å². The molecule has 0 unspecified atom stereocenters. The average Bonchev–Trinajstić information content (AvgIpc) is 3.02. The Bertz CT molecular complexity index is 650. The molecule has 3 rings (SSSR count). The van der Waals surface area contributed by atoms with Crippen molar-refractivity contribution in [3.8, 4) is 0 Å². The SMILES string of the molecule is C[C@@H]1C[C@H]1C(=O)N1CCN(S(=O)(=O)c2ccc(Cl)s2)CC1. The Morgan fingerprint density at radius 1 is 1.29 bits per heavy atom. The first-order chi connectivity index (χ1) is 9.89. The molecule has 1 aliphatic carbocycles. The van der Waals surface area contributed by atoms with Crippen LogP contribution >= 0.6 is 22.9 Å².